The predicted molar refractivity (Wildman–Crippen MR) is 73.0 cm³/mol. The molecule has 0 radical (unpaired) electrons. The summed E-state index contributed by atoms with van der Waals surface area (Å²) in [6.45, 7) is 2.40. The Morgan fingerprint density at radius 1 is 0.824 bits per heavy atom. The van der Waals surface area contributed by atoms with Gasteiger partial charge < -0.3 is 11.5 Å². The molecule has 2 heteroatoms. The van der Waals surface area contributed by atoms with Crippen LogP contribution in [-0.2, 0) is 0 Å². The van der Waals surface area contributed by atoms with E-state index < -0.39 is 0 Å². The Hall–Kier alpha value is -0.660. The fourth-order valence-corrected chi connectivity index (χ4v) is 3.81. The van der Waals surface area contributed by atoms with Crippen LogP contribution in [0.3, 0.4) is 0 Å². The van der Waals surface area contributed by atoms with Crippen molar-refractivity contribution < 1.29 is 0 Å². The Kier molecular flexibility index (Phi) is 4.36. The number of hydrogen-bond acceptors (Lipinski definition) is 2. The standard InChI is InChI=1S/C15H28N2/c1-11-2-6-13(7-3-11)14-8-4-12(5-9-14)10-15(16)17/h10-14H,2-9,16-17H2,1H3. The van der Waals surface area contributed by atoms with E-state index in [1.54, 1.807) is 0 Å². The van der Waals surface area contributed by atoms with Crippen molar-refractivity contribution in [2.24, 2.45) is 35.1 Å². The molecule has 0 spiro atoms. The molecule has 0 unspecified atom stereocenters. The Morgan fingerprint density at radius 3 is 1.76 bits per heavy atom. The maximum absolute atomic E-state index is 5.55. The van der Waals surface area contributed by atoms with E-state index in [2.05, 4.69) is 13.0 Å². The zero-order valence-electron chi connectivity index (χ0n) is 11.2. The molecule has 17 heavy (non-hydrogen) atoms. The van der Waals surface area contributed by atoms with Crippen molar-refractivity contribution in [3.05, 3.63) is 11.9 Å². The van der Waals surface area contributed by atoms with Crippen molar-refractivity contribution in [3.8, 4) is 0 Å². The van der Waals surface area contributed by atoms with E-state index in [0.29, 0.717) is 11.7 Å². The number of nitrogens with two attached hydrogens (primary N) is 2. The van der Waals surface area contributed by atoms with Gasteiger partial charge in [0, 0.05) is 0 Å². The minimum atomic E-state index is 0.514. The lowest BCUT2D eigenvalue weighted by atomic mass is 9.69. The number of hydrogen-bond donors (Lipinski definition) is 2. The normalized spacial score (nSPS) is 38.6. The second kappa shape index (κ2) is 5.79. The third-order valence-electron chi connectivity index (χ3n) is 4.97. The summed E-state index contributed by atoms with van der Waals surface area (Å²) in [7, 11) is 0. The highest BCUT2D eigenvalue weighted by molar-refractivity contribution is 4.97. The summed E-state index contributed by atoms with van der Waals surface area (Å²) in [5.74, 6) is 4.15. The third kappa shape index (κ3) is 3.65. The van der Waals surface area contributed by atoms with E-state index in [1.807, 2.05) is 0 Å². The summed E-state index contributed by atoms with van der Waals surface area (Å²) in [5, 5.41) is 0. The van der Waals surface area contributed by atoms with E-state index in [0.717, 1.165) is 17.8 Å². The SMILES string of the molecule is CC1CCC(C2CCC(C=C(N)N)CC2)CC1. The minimum absolute atomic E-state index is 0.514. The lowest BCUT2D eigenvalue weighted by Crippen LogP contribution is -2.25. The molecule has 98 valence electrons. The minimum Gasteiger partial charge on any atom is -0.386 e. The van der Waals surface area contributed by atoms with E-state index in [4.69, 9.17) is 11.5 Å². The zero-order chi connectivity index (χ0) is 12.3. The molecule has 2 rings (SSSR count). The molecule has 0 amide bonds. The summed E-state index contributed by atoms with van der Waals surface area (Å²) in [6.07, 6.45) is 13.3. The average molecular weight is 236 g/mol. The Morgan fingerprint density at radius 2 is 1.29 bits per heavy atom. The second-order valence-corrected chi connectivity index (χ2v) is 6.36. The largest absolute Gasteiger partial charge is 0.386 e. The second-order valence-electron chi connectivity index (χ2n) is 6.36. The first kappa shape index (κ1) is 12.8. The molecule has 2 aliphatic carbocycles. The topological polar surface area (TPSA) is 52.0 Å². The van der Waals surface area contributed by atoms with Crippen LogP contribution in [0, 0.1) is 23.7 Å². The van der Waals surface area contributed by atoms with Gasteiger partial charge in [-0.3, -0.25) is 0 Å². The van der Waals surface area contributed by atoms with Crippen molar-refractivity contribution in [1.29, 1.82) is 0 Å². The summed E-state index contributed by atoms with van der Waals surface area (Å²) >= 11 is 0. The van der Waals surface area contributed by atoms with Gasteiger partial charge >= 0.3 is 0 Å². The Labute approximate surface area is 106 Å². The van der Waals surface area contributed by atoms with Gasteiger partial charge in [-0.1, -0.05) is 19.8 Å². The van der Waals surface area contributed by atoms with Gasteiger partial charge in [0.2, 0.25) is 0 Å². The van der Waals surface area contributed by atoms with Gasteiger partial charge in [-0.15, -0.1) is 0 Å². The highest BCUT2D eigenvalue weighted by Gasteiger charge is 2.29. The van der Waals surface area contributed by atoms with Crippen LogP contribution in [0.25, 0.3) is 0 Å². The molecular weight excluding hydrogens is 208 g/mol. The molecule has 0 aromatic rings. The molecular formula is C15H28N2. The first-order valence-corrected chi connectivity index (χ1v) is 7.38. The number of rotatable bonds is 2. The van der Waals surface area contributed by atoms with Crippen LogP contribution in [0.15, 0.2) is 11.9 Å². The molecule has 2 saturated carbocycles. The van der Waals surface area contributed by atoms with Gasteiger partial charge in [-0.2, -0.15) is 0 Å². The van der Waals surface area contributed by atoms with Crippen LogP contribution in [0.5, 0.6) is 0 Å². The van der Waals surface area contributed by atoms with Crippen LogP contribution < -0.4 is 11.5 Å². The molecule has 2 fully saturated rings. The summed E-state index contributed by atoms with van der Waals surface area (Å²) in [5.41, 5.74) is 11.1. The highest BCUT2D eigenvalue weighted by atomic mass is 14.8. The van der Waals surface area contributed by atoms with E-state index in [1.165, 1.54) is 51.4 Å². The smallest absolute Gasteiger partial charge is 0.0895 e. The van der Waals surface area contributed by atoms with Crippen LogP contribution in [0.2, 0.25) is 0 Å². The Bertz CT molecular complexity index is 252. The molecule has 2 aliphatic rings. The van der Waals surface area contributed by atoms with Gasteiger partial charge in [-0.25, -0.2) is 0 Å². The van der Waals surface area contributed by atoms with E-state index >= 15 is 0 Å². The molecule has 0 aromatic carbocycles. The molecule has 0 aliphatic heterocycles. The molecule has 2 nitrogen and oxygen atoms in total. The van der Waals surface area contributed by atoms with Gasteiger partial charge in [0.1, 0.15) is 0 Å². The predicted octanol–water partition coefficient (Wildman–Crippen LogP) is 3.38. The maximum Gasteiger partial charge on any atom is 0.0895 e. The van der Waals surface area contributed by atoms with E-state index in [-0.39, 0.29) is 0 Å². The fourth-order valence-electron chi connectivity index (χ4n) is 3.81. The highest BCUT2D eigenvalue weighted by Crippen LogP contribution is 2.41. The zero-order valence-corrected chi connectivity index (χ0v) is 11.2. The number of allylic oxidation sites excluding steroid dienone is 1. The summed E-state index contributed by atoms with van der Waals surface area (Å²) in [6, 6.07) is 0. The monoisotopic (exact) mass is 236 g/mol. The molecule has 0 atom stereocenters. The van der Waals surface area contributed by atoms with Gasteiger partial charge in [0.15, 0.2) is 0 Å². The molecule has 0 saturated heterocycles. The van der Waals surface area contributed by atoms with Crippen molar-refractivity contribution in [1.82, 2.24) is 0 Å². The van der Waals surface area contributed by atoms with Crippen LogP contribution in [0.4, 0.5) is 0 Å². The van der Waals surface area contributed by atoms with Crippen molar-refractivity contribution >= 4 is 0 Å². The molecule has 0 aromatic heterocycles. The lowest BCUT2D eigenvalue weighted by Gasteiger charge is -2.36. The maximum atomic E-state index is 5.55. The molecule has 0 heterocycles. The fraction of sp³-hybridized carbons (Fsp3) is 0.867. The van der Waals surface area contributed by atoms with Crippen LogP contribution >= 0.6 is 0 Å². The summed E-state index contributed by atoms with van der Waals surface area (Å²) in [4.78, 5) is 0. The first-order valence-electron chi connectivity index (χ1n) is 7.38. The van der Waals surface area contributed by atoms with Gasteiger partial charge in [-0.05, 0) is 68.3 Å². The summed E-state index contributed by atoms with van der Waals surface area (Å²) < 4.78 is 0. The van der Waals surface area contributed by atoms with Crippen molar-refractivity contribution in [3.63, 3.8) is 0 Å². The van der Waals surface area contributed by atoms with Crippen LogP contribution in [0.1, 0.15) is 58.3 Å². The van der Waals surface area contributed by atoms with E-state index in [9.17, 15) is 0 Å². The third-order valence-corrected chi connectivity index (χ3v) is 4.97. The molecule has 0 bridgehead atoms. The van der Waals surface area contributed by atoms with Gasteiger partial charge in [0.25, 0.3) is 0 Å². The average Bonchev–Trinajstić information content (AvgIpc) is 2.30. The Balaban J connectivity index is 1.77. The van der Waals surface area contributed by atoms with Crippen molar-refractivity contribution in [2.75, 3.05) is 0 Å². The quantitative estimate of drug-likeness (QED) is 0.772. The van der Waals surface area contributed by atoms with Crippen molar-refractivity contribution in [2.45, 2.75) is 58.3 Å². The molecule has 4 N–H and O–H groups in total. The van der Waals surface area contributed by atoms with Gasteiger partial charge in [0.05, 0.1) is 5.82 Å². The lowest BCUT2D eigenvalue weighted by molar-refractivity contribution is 0.160. The first-order chi connectivity index (χ1) is 8.15. The van der Waals surface area contributed by atoms with Crippen LogP contribution in [-0.4, -0.2) is 0 Å².